The monoisotopic (exact) mass is 295 g/mol. The van der Waals surface area contributed by atoms with Crippen molar-refractivity contribution in [2.45, 2.75) is 13.3 Å². The van der Waals surface area contributed by atoms with Gasteiger partial charge in [0.25, 0.3) is 0 Å². The summed E-state index contributed by atoms with van der Waals surface area (Å²) in [5.74, 6) is -2.77. The molecule has 2 aromatic rings. The number of rotatable bonds is 3. The Bertz CT molecular complexity index is 581. The molecule has 0 spiro atoms. The van der Waals surface area contributed by atoms with E-state index in [2.05, 4.69) is 23.8 Å². The molecule has 114 valence electrons. The van der Waals surface area contributed by atoms with Gasteiger partial charge in [0.05, 0.1) is 11.7 Å². The van der Waals surface area contributed by atoms with Crippen LogP contribution >= 0.6 is 0 Å². The third kappa shape index (κ3) is 5.43. The lowest BCUT2D eigenvalue weighted by Gasteiger charge is -1.94. The Balaban J connectivity index is 0.000000370. The zero-order valence-corrected chi connectivity index (χ0v) is 11.4. The van der Waals surface area contributed by atoms with E-state index in [1.165, 1.54) is 5.56 Å². The highest BCUT2D eigenvalue weighted by Gasteiger charge is 2.07. The number of aromatic amines is 1. The zero-order chi connectivity index (χ0) is 15.1. The van der Waals surface area contributed by atoms with Crippen LogP contribution in [-0.2, 0) is 6.42 Å². The molecule has 21 heavy (non-hydrogen) atoms. The van der Waals surface area contributed by atoms with Crippen molar-refractivity contribution in [1.82, 2.24) is 10.2 Å². The molecule has 0 aliphatic carbocycles. The molecule has 1 heterocycles. The van der Waals surface area contributed by atoms with Gasteiger partial charge in [0.15, 0.2) is 5.69 Å². The number of carboxylic acids is 2. The number of hydrogen-bond donors (Lipinski definition) is 3. The number of aromatic nitrogens is 2. The Morgan fingerprint density at radius 1 is 1.38 bits per heavy atom. The molecule has 0 amide bonds. The van der Waals surface area contributed by atoms with Gasteiger partial charge in [-0.15, -0.1) is 0 Å². The van der Waals surface area contributed by atoms with Crippen LogP contribution in [0.5, 0.6) is 0 Å². The van der Waals surface area contributed by atoms with E-state index in [1.54, 1.807) is 0 Å². The van der Waals surface area contributed by atoms with Gasteiger partial charge in [-0.25, -0.2) is 4.79 Å². The van der Waals surface area contributed by atoms with Crippen molar-refractivity contribution < 1.29 is 31.0 Å². The largest absolute Gasteiger partial charge is 0.543 e. The molecule has 0 radical (unpaired) electrons. The molecule has 0 saturated carbocycles. The lowest BCUT2D eigenvalue weighted by Crippen LogP contribution is -2.41. The Kier molecular flexibility index (Phi) is 7.37. The summed E-state index contributed by atoms with van der Waals surface area (Å²) < 4.78 is 0. The molecule has 0 aliphatic rings. The molecule has 0 saturated heterocycles. The molecule has 0 atom stereocenters. The van der Waals surface area contributed by atoms with Gasteiger partial charge in [-0.3, -0.25) is 5.10 Å². The van der Waals surface area contributed by atoms with Gasteiger partial charge >= 0.3 is 5.97 Å². The first kappa shape index (κ1) is 18.3. The number of carboxylic acid groups (broad SMARTS) is 2. The average molecular weight is 295 g/mol. The van der Waals surface area contributed by atoms with Gasteiger partial charge < -0.3 is 26.2 Å². The molecule has 2 rings (SSSR count). The summed E-state index contributed by atoms with van der Waals surface area (Å²) in [5.41, 5.74) is 5.70. The average Bonchev–Trinajstić information content (AvgIpc) is 2.90. The smallest absolute Gasteiger partial charge is 0.356 e. The van der Waals surface area contributed by atoms with Crippen LogP contribution in [0.25, 0.3) is 0 Å². The van der Waals surface area contributed by atoms with Crippen LogP contribution in [0.15, 0.2) is 30.3 Å². The van der Waals surface area contributed by atoms with E-state index in [1.807, 2.05) is 23.3 Å². The van der Waals surface area contributed by atoms with Crippen LogP contribution in [0, 0.1) is 0 Å². The minimum absolute atomic E-state index is 0. The third-order valence-electron chi connectivity index (χ3n) is 2.52. The third-order valence-corrected chi connectivity index (χ3v) is 2.52. The second-order valence-electron chi connectivity index (χ2n) is 3.88. The van der Waals surface area contributed by atoms with Crippen LogP contribution in [0.2, 0.25) is 0 Å². The van der Waals surface area contributed by atoms with Crippen LogP contribution in [-0.4, -0.2) is 32.7 Å². The van der Waals surface area contributed by atoms with Gasteiger partial charge in [-0.05, 0) is 18.6 Å². The highest BCUT2D eigenvalue weighted by molar-refractivity contribution is 5.90. The van der Waals surface area contributed by atoms with Crippen molar-refractivity contribution in [3.63, 3.8) is 0 Å². The Morgan fingerprint density at radius 3 is 2.33 bits per heavy atom. The van der Waals surface area contributed by atoms with E-state index in [9.17, 15) is 14.7 Å². The van der Waals surface area contributed by atoms with E-state index in [-0.39, 0.29) is 16.9 Å². The molecule has 8 heteroatoms. The first-order valence-corrected chi connectivity index (χ1v) is 5.85. The Hall–Kier alpha value is -2.71. The predicted octanol–water partition coefficient (Wildman–Crippen LogP) is -1.23. The van der Waals surface area contributed by atoms with Crippen LogP contribution in [0.3, 0.4) is 0 Å². The SMILES string of the molecule is CCc1ccccc1[NH3+].O.O=C(O)c1cc(C(=O)[O-])[nH]n1. The topological polar surface area (TPSA) is 165 Å². The number of aromatic carboxylic acids is 2. The number of aryl methyl sites for hydroxylation is 1. The first-order valence-electron chi connectivity index (χ1n) is 5.85. The zero-order valence-electron chi connectivity index (χ0n) is 11.4. The summed E-state index contributed by atoms with van der Waals surface area (Å²) in [4.78, 5) is 20.2. The summed E-state index contributed by atoms with van der Waals surface area (Å²) in [6, 6.07) is 9.10. The lowest BCUT2D eigenvalue weighted by molar-refractivity contribution is -0.256. The quantitative estimate of drug-likeness (QED) is 0.643. The van der Waals surface area contributed by atoms with E-state index >= 15 is 0 Å². The van der Waals surface area contributed by atoms with Crippen molar-refractivity contribution in [1.29, 1.82) is 0 Å². The summed E-state index contributed by atoms with van der Waals surface area (Å²) in [5, 5.41) is 23.5. The van der Waals surface area contributed by atoms with Crippen molar-refractivity contribution in [3.05, 3.63) is 47.3 Å². The Labute approximate surface area is 120 Å². The van der Waals surface area contributed by atoms with Gasteiger partial charge in [-0.2, -0.15) is 5.10 Å². The summed E-state index contributed by atoms with van der Waals surface area (Å²) in [6.07, 6.45) is 1.08. The highest BCUT2D eigenvalue weighted by atomic mass is 16.4. The predicted molar refractivity (Wildman–Crippen MR) is 71.9 cm³/mol. The normalized spacial score (nSPS) is 9.05. The van der Waals surface area contributed by atoms with Crippen molar-refractivity contribution >= 4 is 17.6 Å². The molecular formula is C13H17N3O5. The number of nitrogens with zero attached hydrogens (tertiary/aromatic N) is 1. The summed E-state index contributed by atoms with van der Waals surface area (Å²) in [6.45, 7) is 2.14. The molecule has 0 fully saturated rings. The van der Waals surface area contributed by atoms with Crippen molar-refractivity contribution in [2.24, 2.45) is 0 Å². The van der Waals surface area contributed by atoms with Gasteiger partial charge in [0, 0.05) is 5.56 Å². The number of carbonyl (C=O) groups excluding carboxylic acids is 1. The van der Waals surface area contributed by atoms with E-state index in [0.29, 0.717) is 0 Å². The van der Waals surface area contributed by atoms with Gasteiger partial charge in [-0.1, -0.05) is 25.1 Å². The maximum Gasteiger partial charge on any atom is 0.356 e. The van der Waals surface area contributed by atoms with E-state index in [4.69, 9.17) is 5.11 Å². The molecule has 7 N–H and O–H groups in total. The van der Waals surface area contributed by atoms with E-state index < -0.39 is 11.9 Å². The second-order valence-corrected chi connectivity index (χ2v) is 3.88. The minimum atomic E-state index is -1.48. The Morgan fingerprint density at radius 2 is 2.00 bits per heavy atom. The maximum atomic E-state index is 10.1. The molecule has 0 aliphatic heterocycles. The van der Waals surface area contributed by atoms with Crippen LogP contribution in [0.4, 0.5) is 5.69 Å². The second kappa shape index (κ2) is 8.46. The van der Waals surface area contributed by atoms with E-state index in [0.717, 1.165) is 18.2 Å². The fourth-order valence-electron chi connectivity index (χ4n) is 1.44. The number of hydrogen-bond acceptors (Lipinski definition) is 4. The standard InChI is InChI=1S/C8H11N.C5H4N2O4.H2O/c1-2-7-5-3-4-6-8(7)9;8-4(9)2-1-3(5(10)11)7-6-2;/h3-6H,2,9H2,1H3;1H,(H,6,7)(H,8,9)(H,10,11);1H2. The number of carbonyl (C=O) groups is 2. The fraction of sp³-hybridized carbons (Fsp3) is 0.154. The van der Waals surface area contributed by atoms with Crippen LogP contribution in [0.1, 0.15) is 33.5 Å². The molecule has 1 aromatic heterocycles. The number of H-pyrrole nitrogens is 1. The van der Waals surface area contributed by atoms with Crippen molar-refractivity contribution in [2.75, 3.05) is 0 Å². The number of nitrogens with one attached hydrogen (secondary N) is 1. The number of quaternary nitrogens is 1. The molecule has 0 unspecified atom stereocenters. The fourth-order valence-corrected chi connectivity index (χ4v) is 1.44. The molecule has 1 aromatic carbocycles. The molecule has 0 bridgehead atoms. The van der Waals surface area contributed by atoms with Crippen molar-refractivity contribution in [3.8, 4) is 0 Å². The maximum absolute atomic E-state index is 10.1. The van der Waals surface area contributed by atoms with Crippen LogP contribution < -0.4 is 10.8 Å². The van der Waals surface area contributed by atoms with Gasteiger partial charge in [0.2, 0.25) is 0 Å². The minimum Gasteiger partial charge on any atom is -0.543 e. The van der Waals surface area contributed by atoms with Gasteiger partial charge in [0.1, 0.15) is 5.69 Å². The number of benzene rings is 1. The molecule has 8 nitrogen and oxygen atoms in total. The first-order chi connectivity index (χ1) is 9.45. The summed E-state index contributed by atoms with van der Waals surface area (Å²) in [7, 11) is 0. The lowest BCUT2D eigenvalue weighted by atomic mass is 10.1. The highest BCUT2D eigenvalue weighted by Crippen LogP contribution is 2.07. The molecular weight excluding hydrogens is 278 g/mol. The summed E-state index contributed by atoms with van der Waals surface area (Å²) >= 11 is 0.